The monoisotopic (exact) mass is 258 g/mol. The number of ether oxygens (including phenoxy) is 1. The van der Waals surface area contributed by atoms with Gasteiger partial charge >= 0.3 is 5.97 Å². The molecule has 0 saturated heterocycles. The molecule has 0 amide bonds. The fourth-order valence-corrected chi connectivity index (χ4v) is 1.92. The fraction of sp³-hybridized carbons (Fsp3) is 0.929. The standard InChI is InChI=1S/C14H30N2O2/c1-13(2,3)18-12(17)8-9-15-10-14(4,5)11-16(6)7/h15H,8-11H2,1-7H3. The zero-order chi connectivity index (χ0) is 14.4. The van der Waals surface area contributed by atoms with Crippen molar-refractivity contribution in [2.75, 3.05) is 33.7 Å². The second-order valence-corrected chi connectivity index (χ2v) is 6.92. The SMILES string of the molecule is CN(C)CC(C)(C)CNCCC(=O)OC(C)(C)C. The highest BCUT2D eigenvalue weighted by molar-refractivity contribution is 5.70. The Bertz CT molecular complexity index is 255. The van der Waals surface area contributed by atoms with Crippen molar-refractivity contribution < 1.29 is 9.53 Å². The largest absolute Gasteiger partial charge is 0.460 e. The van der Waals surface area contributed by atoms with Gasteiger partial charge in [-0.2, -0.15) is 0 Å². The molecule has 1 N–H and O–H groups in total. The van der Waals surface area contributed by atoms with E-state index in [2.05, 4.69) is 38.2 Å². The minimum atomic E-state index is -0.388. The quantitative estimate of drug-likeness (QED) is 0.559. The van der Waals surface area contributed by atoms with E-state index >= 15 is 0 Å². The van der Waals surface area contributed by atoms with Crippen molar-refractivity contribution in [3.05, 3.63) is 0 Å². The van der Waals surface area contributed by atoms with Crippen LogP contribution >= 0.6 is 0 Å². The van der Waals surface area contributed by atoms with Crippen LogP contribution in [-0.2, 0) is 9.53 Å². The van der Waals surface area contributed by atoms with Crippen LogP contribution in [0.15, 0.2) is 0 Å². The van der Waals surface area contributed by atoms with Crippen LogP contribution in [0.4, 0.5) is 0 Å². The maximum absolute atomic E-state index is 11.5. The van der Waals surface area contributed by atoms with Gasteiger partial charge in [-0.25, -0.2) is 0 Å². The van der Waals surface area contributed by atoms with Gasteiger partial charge in [-0.15, -0.1) is 0 Å². The van der Waals surface area contributed by atoms with Crippen LogP contribution in [0.25, 0.3) is 0 Å². The number of hydrogen-bond donors (Lipinski definition) is 1. The molecule has 0 radical (unpaired) electrons. The van der Waals surface area contributed by atoms with Crippen LogP contribution in [0, 0.1) is 5.41 Å². The summed E-state index contributed by atoms with van der Waals surface area (Å²) in [6.07, 6.45) is 0.426. The summed E-state index contributed by atoms with van der Waals surface area (Å²) >= 11 is 0. The van der Waals surface area contributed by atoms with Crippen molar-refractivity contribution in [1.82, 2.24) is 10.2 Å². The van der Waals surface area contributed by atoms with Gasteiger partial charge in [0.1, 0.15) is 5.60 Å². The Labute approximate surface area is 112 Å². The van der Waals surface area contributed by atoms with Crippen molar-refractivity contribution >= 4 is 5.97 Å². The average molecular weight is 258 g/mol. The topological polar surface area (TPSA) is 41.6 Å². The summed E-state index contributed by atoms with van der Waals surface area (Å²) in [4.78, 5) is 13.7. The minimum Gasteiger partial charge on any atom is -0.460 e. The molecule has 0 bridgehead atoms. The van der Waals surface area contributed by atoms with Gasteiger partial charge in [0.05, 0.1) is 6.42 Å². The molecule has 0 saturated carbocycles. The Morgan fingerprint density at radius 1 is 1.17 bits per heavy atom. The molecule has 0 aromatic rings. The van der Waals surface area contributed by atoms with Gasteiger partial charge in [-0.05, 0) is 40.3 Å². The molecule has 0 spiro atoms. The van der Waals surface area contributed by atoms with Gasteiger partial charge < -0.3 is 15.0 Å². The van der Waals surface area contributed by atoms with Crippen LogP contribution in [0.3, 0.4) is 0 Å². The molecule has 18 heavy (non-hydrogen) atoms. The molecule has 0 aliphatic carbocycles. The van der Waals surface area contributed by atoms with Crippen molar-refractivity contribution in [1.29, 1.82) is 0 Å². The smallest absolute Gasteiger partial charge is 0.307 e. The predicted molar refractivity (Wildman–Crippen MR) is 75.7 cm³/mol. The van der Waals surface area contributed by atoms with Crippen molar-refractivity contribution in [3.8, 4) is 0 Å². The molecule has 0 aliphatic heterocycles. The average Bonchev–Trinajstić information content (AvgIpc) is 2.07. The van der Waals surface area contributed by atoms with E-state index in [-0.39, 0.29) is 17.0 Å². The summed E-state index contributed by atoms with van der Waals surface area (Å²) in [6.45, 7) is 12.7. The first-order chi connectivity index (χ1) is 8.02. The lowest BCUT2D eigenvalue weighted by Gasteiger charge is -2.28. The van der Waals surface area contributed by atoms with E-state index in [9.17, 15) is 4.79 Å². The number of nitrogens with zero attached hydrogens (tertiary/aromatic N) is 1. The zero-order valence-electron chi connectivity index (χ0n) is 13.1. The van der Waals surface area contributed by atoms with Crippen LogP contribution in [0.2, 0.25) is 0 Å². The number of rotatable bonds is 7. The predicted octanol–water partition coefficient (Wildman–Crippen LogP) is 1.90. The fourth-order valence-electron chi connectivity index (χ4n) is 1.92. The lowest BCUT2D eigenvalue weighted by molar-refractivity contribution is -0.154. The summed E-state index contributed by atoms with van der Waals surface area (Å²) in [5, 5.41) is 3.32. The van der Waals surface area contributed by atoms with E-state index in [0.29, 0.717) is 13.0 Å². The van der Waals surface area contributed by atoms with Gasteiger partial charge in [-0.3, -0.25) is 4.79 Å². The summed E-state index contributed by atoms with van der Waals surface area (Å²) in [6, 6.07) is 0. The van der Waals surface area contributed by atoms with Crippen LogP contribution in [0.5, 0.6) is 0 Å². The molecule has 0 aromatic heterocycles. The van der Waals surface area contributed by atoms with Gasteiger partial charge in [0, 0.05) is 19.6 Å². The molecule has 0 fully saturated rings. The highest BCUT2D eigenvalue weighted by Crippen LogP contribution is 2.14. The number of nitrogens with one attached hydrogen (secondary N) is 1. The van der Waals surface area contributed by atoms with Crippen LogP contribution in [0.1, 0.15) is 41.0 Å². The first-order valence-corrected chi connectivity index (χ1v) is 6.59. The number of hydrogen-bond acceptors (Lipinski definition) is 4. The maximum atomic E-state index is 11.5. The molecule has 0 unspecified atom stereocenters. The van der Waals surface area contributed by atoms with Gasteiger partial charge in [-0.1, -0.05) is 13.8 Å². The maximum Gasteiger partial charge on any atom is 0.307 e. The number of carbonyl (C=O) groups excluding carboxylic acids is 1. The summed E-state index contributed by atoms with van der Waals surface area (Å²) in [5.41, 5.74) is -0.182. The normalized spacial score (nSPS) is 12.9. The molecule has 0 heterocycles. The Kier molecular flexibility index (Phi) is 6.86. The van der Waals surface area contributed by atoms with E-state index < -0.39 is 0 Å². The zero-order valence-corrected chi connectivity index (χ0v) is 13.1. The second-order valence-electron chi connectivity index (χ2n) is 6.92. The Morgan fingerprint density at radius 3 is 2.17 bits per heavy atom. The van der Waals surface area contributed by atoms with Crippen molar-refractivity contribution in [3.63, 3.8) is 0 Å². The molecule has 108 valence electrons. The van der Waals surface area contributed by atoms with E-state index in [1.165, 1.54) is 0 Å². The van der Waals surface area contributed by atoms with E-state index in [1.807, 2.05) is 20.8 Å². The highest BCUT2D eigenvalue weighted by atomic mass is 16.6. The minimum absolute atomic E-state index is 0.139. The van der Waals surface area contributed by atoms with Gasteiger partial charge in [0.25, 0.3) is 0 Å². The Balaban J connectivity index is 3.77. The van der Waals surface area contributed by atoms with E-state index in [1.54, 1.807) is 0 Å². The Hall–Kier alpha value is -0.610. The molecule has 0 aliphatic rings. The number of carbonyl (C=O) groups is 1. The molecule has 4 nitrogen and oxygen atoms in total. The highest BCUT2D eigenvalue weighted by Gasteiger charge is 2.19. The second kappa shape index (κ2) is 7.10. The first-order valence-electron chi connectivity index (χ1n) is 6.59. The van der Waals surface area contributed by atoms with Crippen molar-refractivity contribution in [2.24, 2.45) is 5.41 Å². The summed E-state index contributed by atoms with van der Waals surface area (Å²) in [5.74, 6) is -0.139. The Morgan fingerprint density at radius 2 is 1.72 bits per heavy atom. The van der Waals surface area contributed by atoms with Gasteiger partial charge in [0.15, 0.2) is 0 Å². The first kappa shape index (κ1) is 17.4. The lowest BCUT2D eigenvalue weighted by Crippen LogP contribution is -2.38. The third kappa shape index (κ3) is 10.5. The summed E-state index contributed by atoms with van der Waals surface area (Å²) < 4.78 is 5.25. The molecule has 0 atom stereocenters. The van der Waals surface area contributed by atoms with Crippen LogP contribution < -0.4 is 5.32 Å². The lowest BCUT2D eigenvalue weighted by atomic mass is 9.93. The number of esters is 1. The van der Waals surface area contributed by atoms with E-state index in [0.717, 1.165) is 13.1 Å². The van der Waals surface area contributed by atoms with Gasteiger partial charge in [0.2, 0.25) is 0 Å². The van der Waals surface area contributed by atoms with E-state index in [4.69, 9.17) is 4.74 Å². The molecular formula is C14H30N2O2. The van der Waals surface area contributed by atoms with Crippen molar-refractivity contribution in [2.45, 2.75) is 46.6 Å². The third-order valence-corrected chi connectivity index (χ3v) is 2.27. The molecule has 4 heteroatoms. The summed E-state index contributed by atoms with van der Waals surface area (Å²) in [7, 11) is 4.14. The third-order valence-electron chi connectivity index (χ3n) is 2.27. The van der Waals surface area contributed by atoms with Crippen LogP contribution in [-0.4, -0.2) is 50.2 Å². The molecule has 0 rings (SSSR count). The molecular weight excluding hydrogens is 228 g/mol. The molecule has 0 aromatic carbocycles.